The topological polar surface area (TPSA) is 99.6 Å². The average Bonchev–Trinajstić information content (AvgIpc) is 2.82. The maximum atomic E-state index is 11.0. The molecule has 2 heterocycles. The maximum Gasteiger partial charge on any atom is 0.309 e. The van der Waals surface area contributed by atoms with Crippen LogP contribution in [-0.4, -0.2) is 25.6 Å². The number of hydrogen-bond donors (Lipinski definition) is 2. The Hall–Kier alpha value is -3.22. The van der Waals surface area contributed by atoms with E-state index in [-0.39, 0.29) is 12.2 Å². The highest BCUT2D eigenvalue weighted by Gasteiger charge is 2.15. The van der Waals surface area contributed by atoms with E-state index in [0.717, 1.165) is 5.56 Å². The summed E-state index contributed by atoms with van der Waals surface area (Å²) in [4.78, 5) is 15.4. The van der Waals surface area contributed by atoms with Gasteiger partial charge in [-0.3, -0.25) is 9.20 Å². The van der Waals surface area contributed by atoms with Crippen molar-refractivity contribution >= 4 is 23.1 Å². The molecule has 0 saturated heterocycles. The van der Waals surface area contributed by atoms with Crippen molar-refractivity contribution in [3.8, 4) is 5.75 Å². The molecule has 116 valence electrons. The molecule has 0 aliphatic heterocycles. The Morgan fingerprint density at radius 2 is 1.96 bits per heavy atom. The van der Waals surface area contributed by atoms with E-state index >= 15 is 0 Å². The fourth-order valence-corrected chi connectivity index (χ4v) is 2.17. The molecule has 7 heteroatoms. The van der Waals surface area contributed by atoms with Crippen molar-refractivity contribution in [2.75, 3.05) is 0 Å². The van der Waals surface area contributed by atoms with E-state index in [2.05, 4.69) is 15.2 Å². The lowest BCUT2D eigenvalue weighted by Gasteiger charge is -1.98. The van der Waals surface area contributed by atoms with Crippen LogP contribution in [0.25, 0.3) is 5.65 Å². The molecule has 0 atom stereocenters. The van der Waals surface area contributed by atoms with E-state index in [4.69, 9.17) is 5.11 Å². The summed E-state index contributed by atoms with van der Waals surface area (Å²) in [6, 6.07) is 9.98. The fourth-order valence-electron chi connectivity index (χ4n) is 2.17. The number of aliphatic carboxylic acids is 1. The largest absolute Gasteiger partial charge is 0.508 e. The summed E-state index contributed by atoms with van der Waals surface area (Å²) in [6.07, 6.45) is 1.55. The van der Waals surface area contributed by atoms with Crippen molar-refractivity contribution in [2.45, 2.75) is 13.3 Å². The van der Waals surface area contributed by atoms with E-state index in [1.807, 2.05) is 19.1 Å². The normalized spacial score (nSPS) is 11.3. The number of aromatic nitrogens is 2. The van der Waals surface area contributed by atoms with Gasteiger partial charge in [0.25, 0.3) is 0 Å². The molecule has 0 saturated carbocycles. The number of rotatable bonds is 4. The standard InChI is InChI=1S/C16H14N4O3/c1-10-6-7-20-14(8-10)17-13(9-15(22)23)16(20)19-18-11-2-4-12(21)5-3-11/h2-8,21H,9H2,1H3,(H,22,23). The molecule has 0 radical (unpaired) electrons. The first kappa shape index (κ1) is 14.7. The zero-order valence-electron chi connectivity index (χ0n) is 12.3. The van der Waals surface area contributed by atoms with Gasteiger partial charge in [0.1, 0.15) is 11.4 Å². The van der Waals surface area contributed by atoms with Crippen LogP contribution in [0.5, 0.6) is 5.75 Å². The molecule has 0 aliphatic rings. The monoisotopic (exact) mass is 310 g/mol. The maximum absolute atomic E-state index is 11.0. The second-order valence-electron chi connectivity index (χ2n) is 5.10. The van der Waals surface area contributed by atoms with Gasteiger partial charge in [0.05, 0.1) is 17.8 Å². The van der Waals surface area contributed by atoms with Crippen molar-refractivity contribution in [1.29, 1.82) is 0 Å². The summed E-state index contributed by atoms with van der Waals surface area (Å²) in [6.45, 7) is 1.93. The van der Waals surface area contributed by atoms with Gasteiger partial charge in [-0.2, -0.15) is 0 Å². The van der Waals surface area contributed by atoms with Gasteiger partial charge < -0.3 is 10.2 Å². The van der Waals surface area contributed by atoms with Crippen LogP contribution in [0.3, 0.4) is 0 Å². The molecule has 0 spiro atoms. The number of hydrogen-bond acceptors (Lipinski definition) is 5. The van der Waals surface area contributed by atoms with Crippen LogP contribution in [0.15, 0.2) is 52.8 Å². The number of fused-ring (bicyclic) bond motifs is 1. The zero-order valence-corrected chi connectivity index (χ0v) is 12.3. The van der Waals surface area contributed by atoms with Crippen molar-refractivity contribution in [1.82, 2.24) is 9.38 Å². The summed E-state index contributed by atoms with van der Waals surface area (Å²) in [5.41, 5.74) is 2.55. The highest BCUT2D eigenvalue weighted by atomic mass is 16.4. The van der Waals surface area contributed by atoms with Crippen LogP contribution >= 0.6 is 0 Å². The predicted molar refractivity (Wildman–Crippen MR) is 83.6 cm³/mol. The van der Waals surface area contributed by atoms with Gasteiger partial charge in [0.2, 0.25) is 0 Å². The Balaban J connectivity index is 2.06. The number of pyridine rings is 1. The SMILES string of the molecule is Cc1ccn2c(N=Nc3ccc(O)cc3)c(CC(=O)O)nc2c1. The molecule has 2 aromatic heterocycles. The minimum Gasteiger partial charge on any atom is -0.508 e. The number of phenolic OH excluding ortho intramolecular Hbond substituents is 1. The number of carboxylic acid groups (broad SMARTS) is 1. The lowest BCUT2D eigenvalue weighted by atomic mass is 10.3. The number of azo groups is 1. The highest BCUT2D eigenvalue weighted by Crippen LogP contribution is 2.26. The Bertz CT molecular complexity index is 898. The lowest BCUT2D eigenvalue weighted by molar-refractivity contribution is -0.136. The third kappa shape index (κ3) is 3.18. The number of imidazole rings is 1. The van der Waals surface area contributed by atoms with Crippen molar-refractivity contribution in [3.63, 3.8) is 0 Å². The Kier molecular flexibility index (Phi) is 3.76. The molecule has 0 unspecified atom stereocenters. The van der Waals surface area contributed by atoms with E-state index in [9.17, 15) is 9.90 Å². The zero-order chi connectivity index (χ0) is 16.4. The molecule has 0 aliphatic carbocycles. The first-order valence-corrected chi connectivity index (χ1v) is 6.93. The first-order valence-electron chi connectivity index (χ1n) is 6.93. The van der Waals surface area contributed by atoms with Gasteiger partial charge in [-0.1, -0.05) is 0 Å². The molecule has 0 bridgehead atoms. The number of aryl methyl sites for hydroxylation is 1. The van der Waals surface area contributed by atoms with Crippen molar-refractivity contribution < 1.29 is 15.0 Å². The second kappa shape index (κ2) is 5.88. The third-order valence-corrected chi connectivity index (χ3v) is 3.25. The number of carbonyl (C=O) groups is 1. The Morgan fingerprint density at radius 1 is 1.22 bits per heavy atom. The molecule has 0 fully saturated rings. The molecule has 7 nitrogen and oxygen atoms in total. The van der Waals surface area contributed by atoms with Gasteiger partial charge >= 0.3 is 5.97 Å². The Labute approximate surface area is 131 Å². The average molecular weight is 310 g/mol. The molecule has 2 N–H and O–H groups in total. The number of nitrogens with zero attached hydrogens (tertiary/aromatic N) is 4. The third-order valence-electron chi connectivity index (χ3n) is 3.25. The highest BCUT2D eigenvalue weighted by molar-refractivity contribution is 5.72. The number of phenols is 1. The molecule has 0 amide bonds. The summed E-state index contributed by atoms with van der Waals surface area (Å²) in [5, 5.41) is 26.6. The molecule has 3 aromatic rings. The minimum atomic E-state index is -0.980. The van der Waals surface area contributed by atoms with E-state index < -0.39 is 5.97 Å². The number of benzene rings is 1. The summed E-state index contributed by atoms with van der Waals surface area (Å²) in [5.74, 6) is -0.456. The molecular weight excluding hydrogens is 296 g/mol. The molecule has 1 aromatic carbocycles. The van der Waals surface area contributed by atoms with Crippen molar-refractivity contribution in [3.05, 3.63) is 53.9 Å². The van der Waals surface area contributed by atoms with Crippen LogP contribution in [0.4, 0.5) is 11.5 Å². The molecular formula is C16H14N4O3. The van der Waals surface area contributed by atoms with Gasteiger partial charge in [-0.25, -0.2) is 4.98 Å². The van der Waals surface area contributed by atoms with Gasteiger partial charge in [0, 0.05) is 6.20 Å². The van der Waals surface area contributed by atoms with Crippen LogP contribution in [0.2, 0.25) is 0 Å². The van der Waals surface area contributed by atoms with Crippen molar-refractivity contribution in [2.24, 2.45) is 10.2 Å². The van der Waals surface area contributed by atoms with Crippen LogP contribution in [-0.2, 0) is 11.2 Å². The van der Waals surface area contributed by atoms with Crippen LogP contribution in [0, 0.1) is 6.92 Å². The van der Waals surface area contributed by atoms with E-state index in [1.165, 1.54) is 12.1 Å². The molecule has 3 rings (SSSR count). The Morgan fingerprint density at radius 3 is 2.65 bits per heavy atom. The fraction of sp³-hybridized carbons (Fsp3) is 0.125. The second-order valence-corrected chi connectivity index (χ2v) is 5.10. The van der Waals surface area contributed by atoms with Gasteiger partial charge in [-0.05, 0) is 48.9 Å². The smallest absolute Gasteiger partial charge is 0.309 e. The quantitative estimate of drug-likeness (QED) is 0.721. The summed E-state index contributed by atoms with van der Waals surface area (Å²) in [7, 11) is 0. The predicted octanol–water partition coefficient (Wildman–Crippen LogP) is 3.39. The lowest BCUT2D eigenvalue weighted by Crippen LogP contribution is -2.00. The minimum absolute atomic E-state index is 0.140. The summed E-state index contributed by atoms with van der Waals surface area (Å²) >= 11 is 0. The summed E-state index contributed by atoms with van der Waals surface area (Å²) < 4.78 is 1.70. The van der Waals surface area contributed by atoms with E-state index in [0.29, 0.717) is 22.8 Å². The van der Waals surface area contributed by atoms with Crippen LogP contribution in [0.1, 0.15) is 11.3 Å². The van der Waals surface area contributed by atoms with Crippen LogP contribution < -0.4 is 0 Å². The van der Waals surface area contributed by atoms with Gasteiger partial charge in [-0.15, -0.1) is 10.2 Å². The number of carboxylic acids is 1. The first-order chi connectivity index (χ1) is 11.0. The van der Waals surface area contributed by atoms with Gasteiger partial charge in [0.15, 0.2) is 5.82 Å². The number of aromatic hydroxyl groups is 1. The molecule has 23 heavy (non-hydrogen) atoms. The van der Waals surface area contributed by atoms with E-state index in [1.54, 1.807) is 22.7 Å².